The molecule has 1 saturated heterocycles. The molecule has 0 aromatic carbocycles. The van der Waals surface area contributed by atoms with Crippen molar-refractivity contribution in [3.05, 3.63) is 35.9 Å². The first kappa shape index (κ1) is 16.3. The van der Waals surface area contributed by atoms with Crippen molar-refractivity contribution in [2.24, 2.45) is 13.0 Å². The second-order valence-corrected chi connectivity index (χ2v) is 8.53. The van der Waals surface area contributed by atoms with Gasteiger partial charge in [-0.05, 0) is 43.9 Å². The number of rotatable bonds is 5. The van der Waals surface area contributed by atoms with E-state index in [0.717, 1.165) is 44.6 Å². The highest BCUT2D eigenvalue weighted by atomic mass is 32.2. The Morgan fingerprint density at radius 3 is 2.96 bits per heavy atom. The SMILES string of the molecule is Cn1cccc1CN1CCC[C@@H](Cc2[nH]ncc2S(C)(=O)=O)C1. The van der Waals surface area contributed by atoms with Gasteiger partial charge in [0.05, 0.1) is 11.9 Å². The minimum atomic E-state index is -3.21. The van der Waals surface area contributed by atoms with Gasteiger partial charge in [-0.25, -0.2) is 8.42 Å². The number of sulfone groups is 1. The first-order chi connectivity index (χ1) is 10.9. The summed E-state index contributed by atoms with van der Waals surface area (Å²) in [5.74, 6) is 0.463. The topological polar surface area (TPSA) is 71.0 Å². The average Bonchev–Trinajstić information content (AvgIpc) is 3.09. The van der Waals surface area contributed by atoms with Gasteiger partial charge < -0.3 is 4.57 Å². The largest absolute Gasteiger partial charge is 0.353 e. The molecule has 1 atom stereocenters. The van der Waals surface area contributed by atoms with Crippen LogP contribution >= 0.6 is 0 Å². The van der Waals surface area contributed by atoms with Crippen LogP contribution in [0, 0.1) is 5.92 Å². The van der Waals surface area contributed by atoms with Crippen LogP contribution < -0.4 is 0 Å². The molecule has 1 fully saturated rings. The first-order valence-electron chi connectivity index (χ1n) is 7.98. The lowest BCUT2D eigenvalue weighted by Crippen LogP contribution is -2.36. The molecular weight excluding hydrogens is 312 g/mol. The van der Waals surface area contributed by atoms with Crippen LogP contribution in [0.5, 0.6) is 0 Å². The Kier molecular flexibility index (Phi) is 4.59. The molecule has 2 aromatic rings. The van der Waals surface area contributed by atoms with Crippen LogP contribution in [0.15, 0.2) is 29.4 Å². The number of hydrogen-bond acceptors (Lipinski definition) is 4. The third-order valence-electron chi connectivity index (χ3n) is 4.61. The predicted molar refractivity (Wildman–Crippen MR) is 88.8 cm³/mol. The highest BCUT2D eigenvalue weighted by Crippen LogP contribution is 2.24. The Bertz CT molecular complexity index is 763. The molecule has 2 aromatic heterocycles. The van der Waals surface area contributed by atoms with Crippen LogP contribution in [0.3, 0.4) is 0 Å². The maximum Gasteiger partial charge on any atom is 0.178 e. The first-order valence-corrected chi connectivity index (χ1v) is 9.87. The Labute approximate surface area is 137 Å². The molecule has 3 rings (SSSR count). The van der Waals surface area contributed by atoms with Gasteiger partial charge in [0, 0.05) is 38.3 Å². The lowest BCUT2D eigenvalue weighted by atomic mass is 9.93. The summed E-state index contributed by atoms with van der Waals surface area (Å²) in [6.45, 7) is 3.04. The van der Waals surface area contributed by atoms with E-state index in [2.05, 4.69) is 45.0 Å². The van der Waals surface area contributed by atoms with E-state index in [-0.39, 0.29) is 0 Å². The lowest BCUT2D eigenvalue weighted by molar-refractivity contribution is 0.163. The molecule has 1 aliphatic rings. The number of nitrogens with zero attached hydrogens (tertiary/aromatic N) is 3. The molecule has 6 nitrogen and oxygen atoms in total. The van der Waals surface area contributed by atoms with E-state index in [1.54, 1.807) is 0 Å². The molecule has 126 valence electrons. The molecule has 7 heteroatoms. The number of hydrogen-bond donors (Lipinski definition) is 1. The smallest absolute Gasteiger partial charge is 0.178 e. The maximum atomic E-state index is 11.8. The summed E-state index contributed by atoms with van der Waals surface area (Å²) in [7, 11) is -1.14. The number of nitrogens with one attached hydrogen (secondary N) is 1. The molecule has 1 N–H and O–H groups in total. The van der Waals surface area contributed by atoms with Crippen molar-refractivity contribution in [1.29, 1.82) is 0 Å². The van der Waals surface area contributed by atoms with Crippen LogP contribution in [0.25, 0.3) is 0 Å². The fourth-order valence-electron chi connectivity index (χ4n) is 3.41. The average molecular weight is 336 g/mol. The van der Waals surface area contributed by atoms with E-state index in [4.69, 9.17) is 0 Å². The monoisotopic (exact) mass is 336 g/mol. The van der Waals surface area contributed by atoms with Crippen molar-refractivity contribution in [3.63, 3.8) is 0 Å². The number of aromatic nitrogens is 3. The zero-order valence-corrected chi connectivity index (χ0v) is 14.5. The van der Waals surface area contributed by atoms with Crippen molar-refractivity contribution in [3.8, 4) is 0 Å². The quantitative estimate of drug-likeness (QED) is 0.900. The van der Waals surface area contributed by atoms with E-state index in [1.165, 1.54) is 18.1 Å². The number of aromatic amines is 1. The number of H-pyrrole nitrogens is 1. The Morgan fingerprint density at radius 2 is 2.26 bits per heavy atom. The van der Waals surface area contributed by atoms with Crippen LogP contribution in [-0.4, -0.2) is 47.4 Å². The maximum absolute atomic E-state index is 11.8. The molecule has 1 aliphatic heterocycles. The van der Waals surface area contributed by atoms with Crippen molar-refractivity contribution in [2.75, 3.05) is 19.3 Å². The van der Waals surface area contributed by atoms with E-state index in [1.807, 2.05) is 0 Å². The third kappa shape index (κ3) is 3.84. The highest BCUT2D eigenvalue weighted by Gasteiger charge is 2.24. The summed E-state index contributed by atoms with van der Waals surface area (Å²) in [5, 5.41) is 6.80. The molecule has 0 bridgehead atoms. The van der Waals surface area contributed by atoms with Gasteiger partial charge in [-0.2, -0.15) is 5.10 Å². The normalized spacial score (nSPS) is 20.0. The van der Waals surface area contributed by atoms with Gasteiger partial charge in [-0.15, -0.1) is 0 Å². The standard InChI is InChI=1S/C16H24N4O2S/c1-19-7-4-6-14(19)12-20-8-3-5-13(11-20)9-15-16(10-17-18-15)23(2,21)22/h4,6-7,10,13H,3,5,8-9,11-12H2,1-2H3,(H,17,18)/t13-/m0/s1. The summed E-state index contributed by atoms with van der Waals surface area (Å²) in [6.07, 6.45) is 7.76. The van der Waals surface area contributed by atoms with Crippen LogP contribution in [-0.2, 0) is 29.9 Å². The fourth-order valence-corrected chi connectivity index (χ4v) is 4.23. The summed E-state index contributed by atoms with van der Waals surface area (Å²) in [6, 6.07) is 4.22. The fraction of sp³-hybridized carbons (Fsp3) is 0.562. The zero-order chi connectivity index (χ0) is 16.4. The Morgan fingerprint density at radius 1 is 1.43 bits per heavy atom. The summed E-state index contributed by atoms with van der Waals surface area (Å²) in [5.41, 5.74) is 2.06. The Balaban J connectivity index is 1.65. The second-order valence-electron chi connectivity index (χ2n) is 6.54. The molecule has 0 aliphatic carbocycles. The van der Waals surface area contributed by atoms with E-state index in [0.29, 0.717) is 10.8 Å². The van der Waals surface area contributed by atoms with Crippen LogP contribution in [0.4, 0.5) is 0 Å². The molecule has 0 unspecified atom stereocenters. The van der Waals surface area contributed by atoms with E-state index in [9.17, 15) is 8.42 Å². The van der Waals surface area contributed by atoms with Crippen LogP contribution in [0.1, 0.15) is 24.2 Å². The van der Waals surface area contributed by atoms with E-state index < -0.39 is 9.84 Å². The van der Waals surface area contributed by atoms with Gasteiger partial charge in [-0.3, -0.25) is 10.00 Å². The van der Waals surface area contributed by atoms with Crippen molar-refractivity contribution >= 4 is 9.84 Å². The number of aryl methyl sites for hydroxylation is 1. The summed E-state index contributed by atoms with van der Waals surface area (Å²) >= 11 is 0. The third-order valence-corrected chi connectivity index (χ3v) is 5.76. The molecule has 0 saturated carbocycles. The van der Waals surface area contributed by atoms with Gasteiger partial charge >= 0.3 is 0 Å². The van der Waals surface area contributed by atoms with Gasteiger partial charge in [0.15, 0.2) is 9.84 Å². The number of piperidine rings is 1. The summed E-state index contributed by atoms with van der Waals surface area (Å²) < 4.78 is 25.7. The van der Waals surface area contributed by atoms with Gasteiger partial charge in [-0.1, -0.05) is 0 Å². The molecule has 0 spiro atoms. The van der Waals surface area contributed by atoms with Crippen molar-refractivity contribution < 1.29 is 8.42 Å². The molecule has 23 heavy (non-hydrogen) atoms. The second kappa shape index (κ2) is 6.49. The summed E-state index contributed by atoms with van der Waals surface area (Å²) in [4.78, 5) is 2.80. The van der Waals surface area contributed by atoms with Crippen molar-refractivity contribution in [1.82, 2.24) is 19.7 Å². The minimum absolute atomic E-state index is 0.344. The molecular formula is C16H24N4O2S. The van der Waals surface area contributed by atoms with Gasteiger partial charge in [0.1, 0.15) is 4.90 Å². The van der Waals surface area contributed by atoms with E-state index >= 15 is 0 Å². The zero-order valence-electron chi connectivity index (χ0n) is 13.7. The highest BCUT2D eigenvalue weighted by molar-refractivity contribution is 7.90. The molecule has 3 heterocycles. The Hall–Kier alpha value is -1.60. The van der Waals surface area contributed by atoms with Crippen LogP contribution in [0.2, 0.25) is 0 Å². The number of likely N-dealkylation sites (tertiary alicyclic amines) is 1. The predicted octanol–water partition coefficient (Wildman–Crippen LogP) is 1.61. The van der Waals surface area contributed by atoms with Crippen molar-refractivity contribution in [2.45, 2.75) is 30.7 Å². The minimum Gasteiger partial charge on any atom is -0.353 e. The molecule has 0 radical (unpaired) electrons. The lowest BCUT2D eigenvalue weighted by Gasteiger charge is -2.32. The molecule has 0 amide bonds. The van der Waals surface area contributed by atoms with Gasteiger partial charge in [0.25, 0.3) is 0 Å². The van der Waals surface area contributed by atoms with Gasteiger partial charge in [0.2, 0.25) is 0 Å².